The minimum Gasteiger partial charge on any atom is -0.484 e. The van der Waals surface area contributed by atoms with E-state index in [-0.39, 0.29) is 0 Å². The first-order valence-corrected chi connectivity index (χ1v) is 7.51. The van der Waals surface area contributed by atoms with E-state index in [0.717, 1.165) is 29.0 Å². The van der Waals surface area contributed by atoms with Crippen LogP contribution in [0.15, 0.2) is 33.3 Å². The van der Waals surface area contributed by atoms with Crippen LogP contribution in [0.4, 0.5) is 0 Å². The largest absolute Gasteiger partial charge is 0.484 e. The third-order valence-electron chi connectivity index (χ3n) is 2.86. The highest BCUT2D eigenvalue weighted by Crippen LogP contribution is 2.26. The van der Waals surface area contributed by atoms with Crippen molar-refractivity contribution in [1.82, 2.24) is 10.5 Å². The molecule has 114 valence electrons. The van der Waals surface area contributed by atoms with Gasteiger partial charge in [-0.3, -0.25) is 0 Å². The molecular formula is C15H19BrN2O3. The van der Waals surface area contributed by atoms with Crippen LogP contribution in [0.5, 0.6) is 5.75 Å². The Hall–Kier alpha value is -1.37. The molecule has 1 aromatic heterocycles. The van der Waals surface area contributed by atoms with E-state index >= 15 is 0 Å². The third kappa shape index (κ3) is 5.15. The molecule has 0 aliphatic heterocycles. The molecule has 2 aromatic rings. The van der Waals surface area contributed by atoms with E-state index in [1.165, 1.54) is 5.56 Å². The van der Waals surface area contributed by atoms with E-state index in [1.54, 1.807) is 7.11 Å². The van der Waals surface area contributed by atoms with Gasteiger partial charge in [-0.2, -0.15) is 0 Å². The number of aromatic nitrogens is 1. The molecule has 0 aliphatic carbocycles. The van der Waals surface area contributed by atoms with E-state index in [1.807, 2.05) is 31.2 Å². The lowest BCUT2D eigenvalue weighted by Crippen LogP contribution is -2.18. The molecule has 0 unspecified atom stereocenters. The van der Waals surface area contributed by atoms with Crippen LogP contribution in [-0.4, -0.2) is 25.4 Å². The second-order valence-corrected chi connectivity index (χ2v) is 5.51. The smallest absolute Gasteiger partial charge is 0.174 e. The molecule has 0 fully saturated rings. The van der Waals surface area contributed by atoms with Crippen molar-refractivity contribution in [3.05, 3.63) is 45.8 Å². The maximum Gasteiger partial charge on any atom is 0.174 e. The molecule has 21 heavy (non-hydrogen) atoms. The summed E-state index contributed by atoms with van der Waals surface area (Å²) in [5.74, 6) is 1.49. The molecule has 0 bridgehead atoms. The summed E-state index contributed by atoms with van der Waals surface area (Å²) in [6.07, 6.45) is 0. The molecule has 0 saturated heterocycles. The number of benzene rings is 1. The summed E-state index contributed by atoms with van der Waals surface area (Å²) in [6.45, 7) is 4.58. The van der Waals surface area contributed by atoms with Gasteiger partial charge in [0.15, 0.2) is 5.76 Å². The third-order valence-corrected chi connectivity index (χ3v) is 3.47. The van der Waals surface area contributed by atoms with Crippen molar-refractivity contribution in [2.75, 3.05) is 20.3 Å². The highest BCUT2D eigenvalue weighted by molar-refractivity contribution is 9.10. The van der Waals surface area contributed by atoms with E-state index in [9.17, 15) is 0 Å². The van der Waals surface area contributed by atoms with Gasteiger partial charge in [0.05, 0.1) is 16.8 Å². The molecule has 1 aromatic carbocycles. The Morgan fingerprint density at radius 3 is 2.86 bits per heavy atom. The van der Waals surface area contributed by atoms with Crippen LogP contribution in [0, 0.1) is 6.92 Å². The molecule has 0 aliphatic rings. The van der Waals surface area contributed by atoms with Crippen molar-refractivity contribution >= 4 is 15.9 Å². The number of hydrogen-bond donors (Lipinski definition) is 1. The molecule has 6 heteroatoms. The lowest BCUT2D eigenvalue weighted by Gasteiger charge is -2.09. The Bertz CT molecular complexity index is 572. The molecule has 1 heterocycles. The van der Waals surface area contributed by atoms with Crippen LogP contribution in [0.25, 0.3) is 0 Å². The number of hydrogen-bond acceptors (Lipinski definition) is 5. The fourth-order valence-corrected chi connectivity index (χ4v) is 2.35. The van der Waals surface area contributed by atoms with Gasteiger partial charge < -0.3 is 19.3 Å². The maximum absolute atomic E-state index is 5.71. The second-order valence-electron chi connectivity index (χ2n) is 4.66. The Morgan fingerprint density at radius 2 is 2.19 bits per heavy atom. The summed E-state index contributed by atoms with van der Waals surface area (Å²) >= 11 is 3.52. The Labute approximate surface area is 132 Å². The van der Waals surface area contributed by atoms with Gasteiger partial charge in [-0.05, 0) is 40.5 Å². The summed E-state index contributed by atoms with van der Waals surface area (Å²) in [6, 6.07) is 7.88. The first-order valence-electron chi connectivity index (χ1n) is 6.72. The predicted molar refractivity (Wildman–Crippen MR) is 83.3 cm³/mol. The van der Waals surface area contributed by atoms with Crippen LogP contribution >= 0.6 is 15.9 Å². The standard InChI is InChI=1S/C15H19BrN2O3/c1-11-7-13(21-18-11)10-20-15-4-3-12(8-14(15)16)9-17-5-6-19-2/h3-4,7-8,17H,5-6,9-10H2,1-2H3. The van der Waals surface area contributed by atoms with E-state index in [2.05, 4.69) is 26.4 Å². The van der Waals surface area contributed by atoms with Crippen LogP contribution in [0.1, 0.15) is 17.0 Å². The normalized spacial score (nSPS) is 10.8. The molecule has 1 N–H and O–H groups in total. The van der Waals surface area contributed by atoms with Crippen LogP contribution in [0.3, 0.4) is 0 Å². The van der Waals surface area contributed by atoms with Gasteiger partial charge in [-0.25, -0.2) is 0 Å². The Balaban J connectivity index is 1.86. The zero-order chi connectivity index (χ0) is 15.1. The number of nitrogens with zero attached hydrogens (tertiary/aromatic N) is 1. The molecule has 0 saturated carbocycles. The minimum atomic E-state index is 0.366. The van der Waals surface area contributed by atoms with Gasteiger partial charge in [0.25, 0.3) is 0 Å². The first-order chi connectivity index (χ1) is 10.2. The lowest BCUT2D eigenvalue weighted by atomic mass is 10.2. The molecule has 0 amide bonds. The van der Waals surface area contributed by atoms with Crippen molar-refractivity contribution in [3.63, 3.8) is 0 Å². The molecular weight excluding hydrogens is 336 g/mol. The number of aryl methyl sites for hydroxylation is 1. The van der Waals surface area contributed by atoms with Gasteiger partial charge >= 0.3 is 0 Å². The monoisotopic (exact) mass is 354 g/mol. The van der Waals surface area contributed by atoms with Gasteiger partial charge in [-0.15, -0.1) is 0 Å². The van der Waals surface area contributed by atoms with Gasteiger partial charge in [0.1, 0.15) is 12.4 Å². The molecule has 0 atom stereocenters. The summed E-state index contributed by atoms with van der Waals surface area (Å²) < 4.78 is 16.7. The first kappa shape index (κ1) is 16.0. The Morgan fingerprint density at radius 1 is 1.33 bits per heavy atom. The lowest BCUT2D eigenvalue weighted by molar-refractivity contribution is 0.199. The van der Waals surface area contributed by atoms with Crippen LogP contribution in [-0.2, 0) is 17.9 Å². The molecule has 5 nitrogen and oxygen atoms in total. The average molecular weight is 355 g/mol. The molecule has 2 rings (SSSR count). The number of ether oxygens (including phenoxy) is 2. The highest BCUT2D eigenvalue weighted by Gasteiger charge is 2.06. The summed E-state index contributed by atoms with van der Waals surface area (Å²) in [7, 11) is 1.69. The number of halogens is 1. The summed E-state index contributed by atoms with van der Waals surface area (Å²) in [4.78, 5) is 0. The van der Waals surface area contributed by atoms with E-state index in [0.29, 0.717) is 19.0 Å². The predicted octanol–water partition coefficient (Wildman–Crippen LogP) is 3.06. The van der Waals surface area contributed by atoms with Crippen molar-refractivity contribution < 1.29 is 14.0 Å². The van der Waals surface area contributed by atoms with Gasteiger partial charge in [0, 0.05) is 26.3 Å². The Kier molecular flexibility index (Phi) is 6.22. The van der Waals surface area contributed by atoms with Gasteiger partial charge in [-0.1, -0.05) is 11.2 Å². The quantitative estimate of drug-likeness (QED) is 0.738. The fraction of sp³-hybridized carbons (Fsp3) is 0.400. The SMILES string of the molecule is COCCNCc1ccc(OCc2cc(C)no2)c(Br)c1. The van der Waals surface area contributed by atoms with Crippen LogP contribution in [0.2, 0.25) is 0 Å². The van der Waals surface area contributed by atoms with Gasteiger partial charge in [0.2, 0.25) is 0 Å². The molecule has 0 radical (unpaired) electrons. The van der Waals surface area contributed by atoms with Crippen molar-refractivity contribution in [2.45, 2.75) is 20.1 Å². The fourth-order valence-electron chi connectivity index (χ4n) is 1.81. The van der Waals surface area contributed by atoms with E-state index < -0.39 is 0 Å². The van der Waals surface area contributed by atoms with Crippen LogP contribution < -0.4 is 10.1 Å². The summed E-state index contributed by atoms with van der Waals surface area (Å²) in [5.41, 5.74) is 2.03. The summed E-state index contributed by atoms with van der Waals surface area (Å²) in [5, 5.41) is 7.13. The van der Waals surface area contributed by atoms with Crippen molar-refractivity contribution in [1.29, 1.82) is 0 Å². The number of rotatable bonds is 8. The minimum absolute atomic E-state index is 0.366. The molecule has 0 spiro atoms. The van der Waals surface area contributed by atoms with Crippen molar-refractivity contribution in [2.24, 2.45) is 0 Å². The van der Waals surface area contributed by atoms with E-state index in [4.69, 9.17) is 14.0 Å². The topological polar surface area (TPSA) is 56.5 Å². The average Bonchev–Trinajstić information content (AvgIpc) is 2.88. The second kappa shape index (κ2) is 8.17. The maximum atomic E-state index is 5.71. The zero-order valence-corrected chi connectivity index (χ0v) is 13.8. The zero-order valence-electron chi connectivity index (χ0n) is 12.2. The number of methoxy groups -OCH3 is 1. The van der Waals surface area contributed by atoms with Crippen molar-refractivity contribution in [3.8, 4) is 5.75 Å². The number of nitrogens with one attached hydrogen (secondary N) is 1. The highest BCUT2D eigenvalue weighted by atomic mass is 79.9.